The molecule has 0 radical (unpaired) electrons. The molecule has 5 nitrogen and oxygen atoms in total. The maximum Gasteiger partial charge on any atom is 0.251 e. The third-order valence-corrected chi connectivity index (χ3v) is 8.26. The molecule has 1 aromatic carbocycles. The zero-order valence-electron chi connectivity index (χ0n) is 16.0. The standard InChI is InChI=1S/C20H25ClN2O3S2/c1-14(2)19(17-7-6-12-27-17)22-20(24)15-8-9-16(21)18(13-15)28(25,26)23-10-4-3-5-11-23/h6-9,12-14,19H,3-5,10-11H2,1-2H3,(H,22,24)/t19-/m1/s1. The highest BCUT2D eigenvalue weighted by Crippen LogP contribution is 2.29. The molecule has 1 amide bonds. The summed E-state index contributed by atoms with van der Waals surface area (Å²) in [7, 11) is -3.71. The molecule has 1 aliphatic rings. The normalized spacial score (nSPS) is 16.9. The van der Waals surface area contributed by atoms with E-state index in [9.17, 15) is 13.2 Å². The SMILES string of the molecule is CC(C)[C@@H](NC(=O)c1ccc(Cl)c(S(=O)(=O)N2CCCCC2)c1)c1cccs1. The van der Waals surface area contributed by atoms with Gasteiger partial charge in [-0.1, -0.05) is 37.9 Å². The Bertz CT molecular complexity index is 921. The molecule has 1 saturated heterocycles. The number of hydrogen-bond acceptors (Lipinski definition) is 4. The van der Waals surface area contributed by atoms with Crippen molar-refractivity contribution in [2.45, 2.75) is 44.0 Å². The summed E-state index contributed by atoms with van der Waals surface area (Å²) < 4.78 is 27.5. The van der Waals surface area contributed by atoms with Crippen LogP contribution in [0, 0.1) is 5.92 Å². The Labute approximate surface area is 175 Å². The van der Waals surface area contributed by atoms with Crippen LogP contribution < -0.4 is 5.32 Å². The Hall–Kier alpha value is -1.41. The maximum atomic E-state index is 13.0. The lowest BCUT2D eigenvalue weighted by Gasteiger charge is -2.26. The summed E-state index contributed by atoms with van der Waals surface area (Å²) in [6, 6.07) is 8.26. The third-order valence-electron chi connectivity index (χ3n) is 4.93. The Kier molecular flexibility index (Phi) is 6.81. The number of carbonyl (C=O) groups is 1. The van der Waals surface area contributed by atoms with Gasteiger partial charge in [0.15, 0.2) is 0 Å². The summed E-state index contributed by atoms with van der Waals surface area (Å²) in [5, 5.41) is 5.15. The van der Waals surface area contributed by atoms with E-state index in [4.69, 9.17) is 11.6 Å². The number of sulfonamides is 1. The molecule has 1 N–H and O–H groups in total. The van der Waals surface area contributed by atoms with Crippen LogP contribution in [-0.2, 0) is 10.0 Å². The quantitative estimate of drug-likeness (QED) is 0.707. The summed E-state index contributed by atoms with van der Waals surface area (Å²) >= 11 is 7.79. The number of halogens is 1. The molecule has 0 bridgehead atoms. The third kappa shape index (κ3) is 4.59. The van der Waals surface area contributed by atoms with Gasteiger partial charge in [0.1, 0.15) is 4.90 Å². The lowest BCUT2D eigenvalue weighted by molar-refractivity contribution is 0.0926. The van der Waals surface area contributed by atoms with E-state index in [0.29, 0.717) is 18.7 Å². The van der Waals surface area contributed by atoms with Gasteiger partial charge in [0.25, 0.3) is 5.91 Å². The van der Waals surface area contributed by atoms with Crippen LogP contribution in [-0.4, -0.2) is 31.7 Å². The summed E-state index contributed by atoms with van der Waals surface area (Å²) in [4.78, 5) is 13.9. The summed E-state index contributed by atoms with van der Waals surface area (Å²) in [5.74, 6) is -0.106. The van der Waals surface area contributed by atoms with Crippen LogP contribution in [0.2, 0.25) is 5.02 Å². The highest BCUT2D eigenvalue weighted by Gasteiger charge is 2.29. The molecule has 152 valence electrons. The van der Waals surface area contributed by atoms with Crippen LogP contribution in [0.25, 0.3) is 0 Å². The Morgan fingerprint density at radius 1 is 1.18 bits per heavy atom. The average molecular weight is 441 g/mol. The van der Waals surface area contributed by atoms with Crippen molar-refractivity contribution >= 4 is 38.9 Å². The van der Waals surface area contributed by atoms with Crippen LogP contribution in [0.4, 0.5) is 0 Å². The smallest absolute Gasteiger partial charge is 0.251 e. The van der Waals surface area contributed by atoms with Gasteiger partial charge in [0.2, 0.25) is 10.0 Å². The van der Waals surface area contributed by atoms with Gasteiger partial charge in [-0.25, -0.2) is 8.42 Å². The van der Waals surface area contributed by atoms with Gasteiger partial charge in [-0.15, -0.1) is 11.3 Å². The van der Waals surface area contributed by atoms with Crippen molar-refractivity contribution in [2.24, 2.45) is 5.92 Å². The van der Waals surface area contributed by atoms with E-state index in [1.807, 2.05) is 31.4 Å². The second kappa shape index (κ2) is 8.95. The van der Waals surface area contributed by atoms with E-state index in [1.54, 1.807) is 17.4 Å². The van der Waals surface area contributed by atoms with Crippen molar-refractivity contribution in [3.63, 3.8) is 0 Å². The van der Waals surface area contributed by atoms with Crippen LogP contribution in [0.1, 0.15) is 54.4 Å². The predicted molar refractivity (Wildman–Crippen MR) is 113 cm³/mol. The first-order valence-electron chi connectivity index (χ1n) is 9.44. The first-order valence-corrected chi connectivity index (χ1v) is 12.1. The number of nitrogens with zero attached hydrogens (tertiary/aromatic N) is 1. The molecule has 1 aromatic heterocycles. The predicted octanol–water partition coefficient (Wildman–Crippen LogP) is 4.70. The van der Waals surface area contributed by atoms with E-state index in [0.717, 1.165) is 24.1 Å². The average Bonchev–Trinajstić information content (AvgIpc) is 3.21. The fraction of sp³-hybridized carbons (Fsp3) is 0.450. The molecule has 1 aliphatic heterocycles. The molecule has 3 rings (SSSR count). The highest BCUT2D eigenvalue weighted by molar-refractivity contribution is 7.89. The van der Waals surface area contributed by atoms with Gasteiger partial charge >= 0.3 is 0 Å². The first-order chi connectivity index (χ1) is 13.3. The van der Waals surface area contributed by atoms with Crippen LogP contribution >= 0.6 is 22.9 Å². The Balaban J connectivity index is 1.87. The summed E-state index contributed by atoms with van der Waals surface area (Å²) in [6.45, 7) is 5.06. The molecule has 0 spiro atoms. The zero-order valence-corrected chi connectivity index (χ0v) is 18.4. The van der Waals surface area contributed by atoms with Crippen molar-refractivity contribution in [3.8, 4) is 0 Å². The minimum absolute atomic E-state index is 0.000868. The topological polar surface area (TPSA) is 66.5 Å². The van der Waals surface area contributed by atoms with Crippen molar-refractivity contribution < 1.29 is 13.2 Å². The maximum absolute atomic E-state index is 13.0. The van der Waals surface area contributed by atoms with E-state index in [-0.39, 0.29) is 27.8 Å². The molecular formula is C20H25ClN2O3S2. The second-order valence-corrected chi connectivity index (χ2v) is 10.6. The molecule has 0 aliphatic carbocycles. The minimum Gasteiger partial charge on any atom is -0.344 e. The molecule has 28 heavy (non-hydrogen) atoms. The number of thiophene rings is 1. The largest absolute Gasteiger partial charge is 0.344 e. The molecule has 2 aromatic rings. The molecular weight excluding hydrogens is 416 g/mol. The van der Waals surface area contributed by atoms with Gasteiger partial charge in [0, 0.05) is 23.5 Å². The summed E-state index contributed by atoms with van der Waals surface area (Å²) in [5.41, 5.74) is 0.294. The number of nitrogens with one attached hydrogen (secondary N) is 1. The number of amides is 1. The lowest BCUT2D eigenvalue weighted by Crippen LogP contribution is -2.36. The van der Waals surface area contributed by atoms with E-state index in [2.05, 4.69) is 5.32 Å². The van der Waals surface area contributed by atoms with E-state index < -0.39 is 10.0 Å². The first kappa shape index (κ1) is 21.3. The number of benzene rings is 1. The van der Waals surface area contributed by atoms with Crippen molar-refractivity contribution in [1.29, 1.82) is 0 Å². The van der Waals surface area contributed by atoms with Crippen molar-refractivity contribution in [3.05, 3.63) is 51.2 Å². The molecule has 0 unspecified atom stereocenters. The Morgan fingerprint density at radius 3 is 2.50 bits per heavy atom. The highest BCUT2D eigenvalue weighted by atomic mass is 35.5. The lowest BCUT2D eigenvalue weighted by atomic mass is 10.0. The van der Waals surface area contributed by atoms with Crippen molar-refractivity contribution in [1.82, 2.24) is 9.62 Å². The molecule has 0 saturated carbocycles. The molecule has 8 heteroatoms. The van der Waals surface area contributed by atoms with E-state index >= 15 is 0 Å². The van der Waals surface area contributed by atoms with E-state index in [1.165, 1.54) is 16.4 Å². The fourth-order valence-electron chi connectivity index (χ4n) is 3.35. The minimum atomic E-state index is -3.71. The number of hydrogen-bond donors (Lipinski definition) is 1. The van der Waals surface area contributed by atoms with Gasteiger partial charge < -0.3 is 5.32 Å². The monoisotopic (exact) mass is 440 g/mol. The Morgan fingerprint density at radius 2 is 1.89 bits per heavy atom. The number of rotatable bonds is 6. The van der Waals surface area contributed by atoms with Gasteiger partial charge in [-0.05, 0) is 48.4 Å². The van der Waals surface area contributed by atoms with Gasteiger partial charge in [-0.3, -0.25) is 4.79 Å². The number of carbonyl (C=O) groups excluding carboxylic acids is 1. The van der Waals surface area contributed by atoms with Gasteiger partial charge in [-0.2, -0.15) is 4.31 Å². The molecule has 2 heterocycles. The van der Waals surface area contributed by atoms with Crippen LogP contribution in [0.15, 0.2) is 40.6 Å². The van der Waals surface area contributed by atoms with Crippen molar-refractivity contribution in [2.75, 3.05) is 13.1 Å². The van der Waals surface area contributed by atoms with Crippen LogP contribution in [0.3, 0.4) is 0 Å². The molecule has 1 fully saturated rings. The summed E-state index contributed by atoms with van der Waals surface area (Å²) in [6.07, 6.45) is 2.71. The van der Waals surface area contributed by atoms with Gasteiger partial charge in [0.05, 0.1) is 11.1 Å². The molecule has 1 atom stereocenters. The number of piperidine rings is 1. The zero-order chi connectivity index (χ0) is 20.3. The second-order valence-electron chi connectivity index (χ2n) is 7.32. The fourth-order valence-corrected chi connectivity index (χ4v) is 6.31. The van der Waals surface area contributed by atoms with Crippen LogP contribution in [0.5, 0.6) is 0 Å².